The lowest BCUT2D eigenvalue weighted by Crippen LogP contribution is -2.41. The summed E-state index contributed by atoms with van der Waals surface area (Å²) in [7, 11) is 0. The van der Waals surface area contributed by atoms with E-state index in [0.717, 1.165) is 27.6 Å². The van der Waals surface area contributed by atoms with Crippen LogP contribution in [0.4, 0.5) is 11.4 Å². The van der Waals surface area contributed by atoms with E-state index in [1.807, 2.05) is 78.9 Å². The van der Waals surface area contributed by atoms with Gasteiger partial charge in [0.2, 0.25) is 0 Å². The maximum atomic E-state index is 14.1. The van der Waals surface area contributed by atoms with Crippen molar-refractivity contribution < 1.29 is 33.8 Å². The maximum Gasteiger partial charge on any atom is 0.266 e. The molecule has 1 N–H and O–H groups in total. The molecule has 0 fully saturated rings. The number of anilines is 2. The summed E-state index contributed by atoms with van der Waals surface area (Å²) in [4.78, 5) is 58.3. The highest BCUT2D eigenvalue weighted by molar-refractivity contribution is 6.37. The van der Waals surface area contributed by atoms with Gasteiger partial charge in [-0.2, -0.15) is 0 Å². The molecule has 0 radical (unpaired) electrons. The Morgan fingerprint density at radius 1 is 0.425 bits per heavy atom. The van der Waals surface area contributed by atoms with Crippen molar-refractivity contribution in [2.24, 2.45) is 0 Å². The fourth-order valence-corrected chi connectivity index (χ4v) is 10.5. The molecule has 0 saturated carbocycles. The van der Waals surface area contributed by atoms with Crippen LogP contribution in [0.3, 0.4) is 0 Å². The molecule has 10 rings (SSSR count). The number of benzene rings is 8. The number of aliphatic hydroxyl groups is 1. The van der Waals surface area contributed by atoms with Gasteiger partial charge in [0.15, 0.2) is 6.79 Å². The number of para-hydroxylation sites is 2. The fourth-order valence-electron chi connectivity index (χ4n) is 10.5. The molecular weight excluding hydrogens is 909 g/mol. The van der Waals surface area contributed by atoms with Gasteiger partial charge in [-0.1, -0.05) is 172 Å². The lowest BCUT2D eigenvalue weighted by molar-refractivity contribution is 0.0876. The number of hydrogen-bond donors (Lipinski definition) is 1. The predicted molar refractivity (Wildman–Crippen MR) is 292 cm³/mol. The average Bonchev–Trinajstić information content (AvgIpc) is 3.38. The molecular formula is C64H62N2O7. The molecule has 8 aromatic rings. The Balaban J connectivity index is 0.000000192. The Morgan fingerprint density at radius 3 is 1.21 bits per heavy atom. The molecule has 9 heteroatoms. The van der Waals surface area contributed by atoms with Crippen molar-refractivity contribution in [2.45, 2.75) is 98.3 Å². The second kappa shape index (κ2) is 20.0. The van der Waals surface area contributed by atoms with Crippen LogP contribution in [0.25, 0.3) is 21.5 Å². The Labute approximate surface area is 428 Å². The van der Waals surface area contributed by atoms with Gasteiger partial charge >= 0.3 is 0 Å². The van der Waals surface area contributed by atoms with Gasteiger partial charge in [-0.05, 0) is 106 Å². The molecule has 4 amide bonds. The monoisotopic (exact) mass is 970 g/mol. The van der Waals surface area contributed by atoms with E-state index in [1.54, 1.807) is 36.4 Å². The van der Waals surface area contributed by atoms with Crippen molar-refractivity contribution >= 4 is 56.5 Å². The average molecular weight is 971 g/mol. The number of carbonyl (C=O) groups excluding carboxylic acids is 4. The molecule has 8 aromatic carbocycles. The van der Waals surface area contributed by atoms with Gasteiger partial charge in [-0.3, -0.25) is 19.2 Å². The standard InChI is InChI=1S/C39H37NO3.C25H25NO4/c1-24(2)29-14-10-15-30(25(3)4)36(29)40-37(41)32-17-11-16-31-34(23-22-33(35(31)32)38(40)42)43-28-20-18-27(19-21-28)39(5,6)26-12-8-7-9-13-26;1-14(2)16-7-5-8-17(15(3)4)23(16)26-24(28)19-10-6-9-18-21(30-13-27)12-11-20(22(18)19)25(26)29/h7-25H,1-6H3;5-12,14-15,27H,13H2,1-4H3. The first kappa shape index (κ1) is 50.1. The lowest BCUT2D eigenvalue weighted by atomic mass is 9.78. The summed E-state index contributed by atoms with van der Waals surface area (Å²) >= 11 is 0. The van der Waals surface area contributed by atoms with Crippen molar-refractivity contribution in [1.82, 2.24) is 0 Å². The van der Waals surface area contributed by atoms with E-state index in [9.17, 15) is 24.3 Å². The number of imide groups is 2. The van der Waals surface area contributed by atoms with Crippen molar-refractivity contribution in [3.8, 4) is 17.2 Å². The summed E-state index contributed by atoms with van der Waals surface area (Å²) in [5, 5.41) is 11.8. The number of carbonyl (C=O) groups is 4. The number of amides is 4. The van der Waals surface area contributed by atoms with Gasteiger partial charge in [-0.25, -0.2) is 9.80 Å². The van der Waals surface area contributed by atoms with E-state index in [2.05, 4.69) is 106 Å². The largest absolute Gasteiger partial charge is 0.467 e. The second-order valence-corrected chi connectivity index (χ2v) is 20.7. The molecule has 0 aromatic heterocycles. The van der Waals surface area contributed by atoms with Crippen LogP contribution in [-0.4, -0.2) is 35.5 Å². The molecule has 0 unspecified atom stereocenters. The van der Waals surface area contributed by atoms with E-state index < -0.39 is 6.79 Å². The van der Waals surface area contributed by atoms with Gasteiger partial charge in [0.1, 0.15) is 17.2 Å². The second-order valence-electron chi connectivity index (χ2n) is 20.7. The minimum absolute atomic E-state index is 0.145. The first-order valence-corrected chi connectivity index (χ1v) is 25.2. The van der Waals surface area contributed by atoms with Crippen molar-refractivity contribution in [1.29, 1.82) is 0 Å². The molecule has 0 bridgehead atoms. The Kier molecular flexibility index (Phi) is 13.7. The minimum Gasteiger partial charge on any atom is -0.467 e. The van der Waals surface area contributed by atoms with Crippen LogP contribution < -0.4 is 19.3 Å². The first-order valence-electron chi connectivity index (χ1n) is 25.2. The van der Waals surface area contributed by atoms with Crippen molar-refractivity contribution in [3.63, 3.8) is 0 Å². The molecule has 73 heavy (non-hydrogen) atoms. The highest BCUT2D eigenvalue weighted by Crippen LogP contribution is 2.45. The summed E-state index contributed by atoms with van der Waals surface area (Å²) in [6.45, 7) is 20.6. The van der Waals surface area contributed by atoms with Gasteiger partial charge in [0.05, 0.1) is 11.4 Å². The summed E-state index contributed by atoms with van der Waals surface area (Å²) in [6, 6.07) is 48.5. The Hall–Kier alpha value is -7.88. The van der Waals surface area contributed by atoms with Gasteiger partial charge in [0.25, 0.3) is 23.6 Å². The molecule has 0 aliphatic carbocycles. The number of nitrogens with zero attached hydrogens (tertiary/aromatic N) is 2. The van der Waals surface area contributed by atoms with E-state index >= 15 is 0 Å². The molecule has 9 nitrogen and oxygen atoms in total. The highest BCUT2D eigenvalue weighted by Gasteiger charge is 2.39. The van der Waals surface area contributed by atoms with Crippen LogP contribution in [0.1, 0.15) is 168 Å². The number of rotatable bonds is 12. The van der Waals surface area contributed by atoms with Crippen LogP contribution in [0.5, 0.6) is 17.2 Å². The highest BCUT2D eigenvalue weighted by atomic mass is 16.6. The van der Waals surface area contributed by atoms with E-state index in [0.29, 0.717) is 67.0 Å². The zero-order chi connectivity index (χ0) is 52.0. The molecule has 2 aliphatic rings. The molecule has 2 aliphatic heterocycles. The smallest absolute Gasteiger partial charge is 0.266 e. The van der Waals surface area contributed by atoms with Crippen LogP contribution >= 0.6 is 0 Å². The summed E-state index contributed by atoms with van der Waals surface area (Å²) < 4.78 is 11.7. The quantitative estimate of drug-likeness (QED) is 0.0958. The molecule has 0 atom stereocenters. The fraction of sp³-hybridized carbons (Fsp3) is 0.250. The molecule has 2 heterocycles. The lowest BCUT2D eigenvalue weighted by Gasteiger charge is -2.32. The van der Waals surface area contributed by atoms with Crippen molar-refractivity contribution in [2.75, 3.05) is 16.6 Å². The third kappa shape index (κ3) is 8.86. The summed E-state index contributed by atoms with van der Waals surface area (Å²) in [5.74, 6) is 1.05. The van der Waals surface area contributed by atoms with Gasteiger partial charge in [-0.15, -0.1) is 0 Å². The zero-order valence-corrected chi connectivity index (χ0v) is 43.2. The molecule has 0 spiro atoms. The van der Waals surface area contributed by atoms with E-state index in [1.165, 1.54) is 20.9 Å². The third-order valence-corrected chi connectivity index (χ3v) is 14.4. The SMILES string of the molecule is CC(C)c1cccc(C(C)C)c1N1C(=O)c2cccc3c(OCO)ccc(c23)C1=O.CC(C)c1cccc(C(C)C)c1N1C(=O)c2cccc3c(Oc4ccc(C(C)(C)c5ccccc5)cc4)ccc(c23)C1=O. The zero-order valence-electron chi connectivity index (χ0n) is 43.2. The Morgan fingerprint density at radius 2 is 0.795 bits per heavy atom. The van der Waals surface area contributed by atoms with Gasteiger partial charge < -0.3 is 14.6 Å². The maximum absolute atomic E-state index is 14.1. The number of aliphatic hydroxyl groups excluding tert-OH is 1. The normalized spacial score (nSPS) is 13.5. The van der Waals surface area contributed by atoms with Crippen molar-refractivity contribution in [3.05, 3.63) is 207 Å². The summed E-state index contributed by atoms with van der Waals surface area (Å²) in [5.41, 5.74) is 9.51. The number of ether oxygens (including phenoxy) is 2. The summed E-state index contributed by atoms with van der Waals surface area (Å²) in [6.07, 6.45) is 0. The molecule has 370 valence electrons. The first-order chi connectivity index (χ1) is 35.0. The predicted octanol–water partition coefficient (Wildman–Crippen LogP) is 15.2. The topological polar surface area (TPSA) is 113 Å². The van der Waals surface area contributed by atoms with Crippen LogP contribution in [0.15, 0.2) is 152 Å². The van der Waals surface area contributed by atoms with E-state index in [4.69, 9.17) is 9.47 Å². The third-order valence-electron chi connectivity index (χ3n) is 14.4. The van der Waals surface area contributed by atoms with Gasteiger partial charge in [0, 0.05) is 49.2 Å². The van der Waals surface area contributed by atoms with Crippen LogP contribution in [0.2, 0.25) is 0 Å². The van der Waals surface area contributed by atoms with Crippen LogP contribution in [-0.2, 0) is 5.41 Å². The molecule has 0 saturated heterocycles. The van der Waals surface area contributed by atoms with E-state index in [-0.39, 0.29) is 52.7 Å². The Bertz CT molecular complexity index is 3360. The minimum atomic E-state index is -0.480. The van der Waals surface area contributed by atoms with Crippen LogP contribution in [0, 0.1) is 0 Å². The number of hydrogen-bond acceptors (Lipinski definition) is 7.